The van der Waals surface area contributed by atoms with Gasteiger partial charge in [0.25, 0.3) is 5.56 Å². The maximum atomic E-state index is 12.1. The van der Waals surface area contributed by atoms with Gasteiger partial charge in [0.05, 0.1) is 5.69 Å². The van der Waals surface area contributed by atoms with Crippen LogP contribution in [0.15, 0.2) is 41.3 Å². The van der Waals surface area contributed by atoms with Crippen LogP contribution in [0.1, 0.15) is 12.5 Å². The molecule has 3 rings (SSSR count). The van der Waals surface area contributed by atoms with Gasteiger partial charge < -0.3 is 0 Å². The predicted octanol–water partition coefficient (Wildman–Crippen LogP) is 2.91. The Morgan fingerprint density at radius 3 is 2.89 bits per heavy atom. The molecule has 0 aliphatic heterocycles. The maximum absolute atomic E-state index is 12.1. The third-order valence-corrected chi connectivity index (χ3v) is 3.43. The molecular weight excluding hydrogens is 262 g/mol. The van der Waals surface area contributed by atoms with Gasteiger partial charge >= 0.3 is 0 Å². The van der Waals surface area contributed by atoms with Crippen molar-refractivity contribution in [3.05, 3.63) is 57.5 Å². The Morgan fingerprint density at radius 1 is 1.37 bits per heavy atom. The van der Waals surface area contributed by atoms with Gasteiger partial charge in [-0.3, -0.25) is 9.89 Å². The number of benzene rings is 1. The second-order valence-corrected chi connectivity index (χ2v) is 4.68. The summed E-state index contributed by atoms with van der Waals surface area (Å²) in [5, 5.41) is 3.50. The minimum atomic E-state index is -0.139. The van der Waals surface area contributed by atoms with Gasteiger partial charge in [-0.15, -0.1) is 0 Å². The van der Waals surface area contributed by atoms with Gasteiger partial charge in [-0.2, -0.15) is 0 Å². The number of hydrogen-bond acceptors (Lipinski definition) is 2. The number of fused-ring (bicyclic) bond motifs is 1. The monoisotopic (exact) mass is 273 g/mol. The van der Waals surface area contributed by atoms with E-state index in [1.165, 1.54) is 10.6 Å². The third kappa shape index (κ3) is 1.94. The molecule has 0 atom stereocenters. The molecule has 0 aliphatic carbocycles. The Kier molecular flexibility index (Phi) is 2.87. The topological polar surface area (TPSA) is 50.2 Å². The van der Waals surface area contributed by atoms with Crippen molar-refractivity contribution >= 4 is 17.2 Å². The largest absolute Gasteiger partial charge is 0.297 e. The lowest BCUT2D eigenvalue weighted by atomic mass is 10.1. The van der Waals surface area contributed by atoms with Gasteiger partial charge in [-0.05, 0) is 12.5 Å². The van der Waals surface area contributed by atoms with Crippen molar-refractivity contribution in [3.63, 3.8) is 0 Å². The van der Waals surface area contributed by atoms with E-state index in [1.807, 2.05) is 25.1 Å². The van der Waals surface area contributed by atoms with Crippen LogP contribution < -0.4 is 5.56 Å². The number of rotatable bonds is 2. The summed E-state index contributed by atoms with van der Waals surface area (Å²) in [6.45, 7) is 2.03. The molecule has 0 aliphatic rings. The zero-order valence-electron chi connectivity index (χ0n) is 10.4. The summed E-state index contributed by atoms with van der Waals surface area (Å²) < 4.78 is 1.44. The van der Waals surface area contributed by atoms with Crippen molar-refractivity contribution in [1.82, 2.24) is 14.6 Å². The first-order chi connectivity index (χ1) is 9.20. The number of nitrogens with one attached hydrogen (secondary N) is 1. The van der Waals surface area contributed by atoms with Gasteiger partial charge in [-0.25, -0.2) is 9.50 Å². The number of halogens is 1. The second-order valence-electron chi connectivity index (χ2n) is 4.27. The number of aromatic nitrogens is 3. The summed E-state index contributed by atoms with van der Waals surface area (Å²) in [5.41, 5.74) is 2.90. The maximum Gasteiger partial charge on any atom is 0.273 e. The molecule has 2 heterocycles. The number of hydrogen-bond donors (Lipinski definition) is 1. The van der Waals surface area contributed by atoms with Crippen molar-refractivity contribution in [1.29, 1.82) is 0 Å². The lowest BCUT2D eigenvalue weighted by molar-refractivity contribution is 0.901. The van der Waals surface area contributed by atoms with Crippen LogP contribution in [0, 0.1) is 0 Å². The molecule has 0 spiro atoms. The smallest absolute Gasteiger partial charge is 0.273 e. The molecule has 0 fully saturated rings. The summed E-state index contributed by atoms with van der Waals surface area (Å²) in [6.07, 6.45) is 2.62. The van der Waals surface area contributed by atoms with Crippen molar-refractivity contribution in [2.45, 2.75) is 13.3 Å². The first-order valence-corrected chi connectivity index (χ1v) is 6.43. The molecular formula is C14H12ClN3O. The summed E-state index contributed by atoms with van der Waals surface area (Å²) in [5.74, 6) is 0. The van der Waals surface area contributed by atoms with Crippen molar-refractivity contribution in [2.75, 3.05) is 0 Å². The zero-order chi connectivity index (χ0) is 13.4. The fourth-order valence-corrected chi connectivity index (χ4v) is 2.33. The van der Waals surface area contributed by atoms with Crippen molar-refractivity contribution in [3.8, 4) is 11.3 Å². The SMILES string of the molecule is CCc1c[nH]n2c(=O)cc(-c3ccccc3Cl)nc12. The molecule has 1 N–H and O–H groups in total. The molecule has 1 aromatic carbocycles. The molecule has 19 heavy (non-hydrogen) atoms. The highest BCUT2D eigenvalue weighted by Gasteiger charge is 2.10. The average Bonchev–Trinajstić information content (AvgIpc) is 2.82. The zero-order valence-corrected chi connectivity index (χ0v) is 11.1. The molecule has 0 amide bonds. The van der Waals surface area contributed by atoms with Crippen LogP contribution in [0.3, 0.4) is 0 Å². The van der Waals surface area contributed by atoms with Crippen LogP contribution in [-0.4, -0.2) is 14.6 Å². The number of aryl methyl sites for hydroxylation is 1. The summed E-state index contributed by atoms with van der Waals surface area (Å²) >= 11 is 6.15. The van der Waals surface area contributed by atoms with Gasteiger partial charge in [0.2, 0.25) is 0 Å². The molecule has 4 nitrogen and oxygen atoms in total. The van der Waals surface area contributed by atoms with E-state index in [2.05, 4.69) is 10.1 Å². The highest BCUT2D eigenvalue weighted by molar-refractivity contribution is 6.33. The van der Waals surface area contributed by atoms with Crippen molar-refractivity contribution in [2.24, 2.45) is 0 Å². The van der Waals surface area contributed by atoms with Crippen LogP contribution >= 0.6 is 11.6 Å². The molecule has 0 unspecified atom stereocenters. The molecule has 0 saturated heterocycles. The summed E-state index contributed by atoms with van der Waals surface area (Å²) in [7, 11) is 0. The Hall–Kier alpha value is -2.07. The minimum Gasteiger partial charge on any atom is -0.297 e. The predicted molar refractivity (Wildman–Crippen MR) is 75.6 cm³/mol. The Bertz CT molecular complexity index is 804. The molecule has 5 heteroatoms. The molecule has 2 aromatic heterocycles. The lowest BCUT2D eigenvalue weighted by Gasteiger charge is -2.04. The van der Waals surface area contributed by atoms with E-state index in [0.29, 0.717) is 16.4 Å². The fraction of sp³-hybridized carbons (Fsp3) is 0.143. The third-order valence-electron chi connectivity index (χ3n) is 3.10. The van der Waals surface area contributed by atoms with Crippen LogP contribution in [0.4, 0.5) is 0 Å². The van der Waals surface area contributed by atoms with E-state index >= 15 is 0 Å². The summed E-state index contributed by atoms with van der Waals surface area (Å²) in [6, 6.07) is 8.87. The minimum absolute atomic E-state index is 0.139. The number of H-pyrrole nitrogens is 1. The van der Waals surface area contributed by atoms with Gasteiger partial charge in [0.1, 0.15) is 0 Å². The van der Waals surface area contributed by atoms with E-state index in [-0.39, 0.29) is 5.56 Å². The molecule has 0 saturated carbocycles. The average molecular weight is 274 g/mol. The normalized spacial score (nSPS) is 11.1. The van der Waals surface area contributed by atoms with Gasteiger partial charge in [0.15, 0.2) is 5.65 Å². The quantitative estimate of drug-likeness (QED) is 0.780. The van der Waals surface area contributed by atoms with Crippen LogP contribution in [-0.2, 0) is 6.42 Å². The summed E-state index contributed by atoms with van der Waals surface area (Å²) in [4.78, 5) is 16.6. The first-order valence-electron chi connectivity index (χ1n) is 6.05. The van der Waals surface area contributed by atoms with Crippen LogP contribution in [0.2, 0.25) is 5.02 Å². The number of aromatic amines is 1. The van der Waals surface area contributed by atoms with E-state index in [1.54, 1.807) is 12.3 Å². The molecule has 0 bridgehead atoms. The Labute approximate surface area is 114 Å². The van der Waals surface area contributed by atoms with E-state index in [0.717, 1.165) is 17.5 Å². The highest BCUT2D eigenvalue weighted by Crippen LogP contribution is 2.25. The highest BCUT2D eigenvalue weighted by atomic mass is 35.5. The van der Waals surface area contributed by atoms with E-state index in [4.69, 9.17) is 11.6 Å². The van der Waals surface area contributed by atoms with Crippen molar-refractivity contribution < 1.29 is 0 Å². The van der Waals surface area contributed by atoms with Crippen LogP contribution in [0.25, 0.3) is 16.9 Å². The Morgan fingerprint density at radius 2 is 2.16 bits per heavy atom. The lowest BCUT2D eigenvalue weighted by Crippen LogP contribution is -2.14. The molecule has 96 valence electrons. The number of nitrogens with zero attached hydrogens (tertiary/aromatic N) is 2. The van der Waals surface area contributed by atoms with E-state index in [9.17, 15) is 4.79 Å². The standard InChI is InChI=1S/C14H12ClN3O/c1-2-9-8-16-18-13(19)7-12(17-14(9)18)10-5-3-4-6-11(10)15/h3-8,16H,2H2,1H3. The van der Waals surface area contributed by atoms with Crippen LogP contribution in [0.5, 0.6) is 0 Å². The first kappa shape index (κ1) is 12.0. The molecule has 3 aromatic rings. The fourth-order valence-electron chi connectivity index (χ4n) is 2.10. The van der Waals surface area contributed by atoms with Gasteiger partial charge in [0, 0.05) is 28.4 Å². The molecule has 0 radical (unpaired) electrons. The Balaban J connectivity index is 2.31. The van der Waals surface area contributed by atoms with E-state index < -0.39 is 0 Å². The second kappa shape index (κ2) is 4.55. The van der Waals surface area contributed by atoms with Gasteiger partial charge in [-0.1, -0.05) is 36.7 Å².